The van der Waals surface area contributed by atoms with E-state index in [-0.39, 0.29) is 18.2 Å². The lowest BCUT2D eigenvalue weighted by Crippen LogP contribution is -2.32. The number of alkyl halides is 3. The van der Waals surface area contributed by atoms with Crippen LogP contribution >= 0.6 is 0 Å². The van der Waals surface area contributed by atoms with Crippen LogP contribution in [0.2, 0.25) is 0 Å². The van der Waals surface area contributed by atoms with Gasteiger partial charge in [-0.1, -0.05) is 20.8 Å². The van der Waals surface area contributed by atoms with Gasteiger partial charge < -0.3 is 10.1 Å². The molecule has 1 N–H and O–H groups in total. The fraction of sp³-hybridized carbons (Fsp3) is 0.667. The van der Waals surface area contributed by atoms with Crippen LogP contribution in [0.4, 0.5) is 18.0 Å². The van der Waals surface area contributed by atoms with Gasteiger partial charge in [0.05, 0.1) is 17.9 Å². The van der Waals surface area contributed by atoms with E-state index >= 15 is 0 Å². The molecule has 1 aromatic rings. The highest BCUT2D eigenvalue weighted by atomic mass is 19.4. The number of alkyl carbamates (subject to hydrolysis) is 1. The summed E-state index contributed by atoms with van der Waals surface area (Å²) in [4.78, 5) is 12.5. The summed E-state index contributed by atoms with van der Waals surface area (Å²) in [7, 11) is 0. The van der Waals surface area contributed by atoms with Crippen LogP contribution in [-0.2, 0) is 16.7 Å². The van der Waals surface area contributed by atoms with Crippen LogP contribution in [0.3, 0.4) is 0 Å². The van der Waals surface area contributed by atoms with Gasteiger partial charge in [0, 0.05) is 5.41 Å². The Labute approximate surface area is 139 Å². The summed E-state index contributed by atoms with van der Waals surface area (Å²) in [5.41, 5.74) is -0.177. The molecule has 0 aliphatic carbocycles. The van der Waals surface area contributed by atoms with Crippen molar-refractivity contribution in [2.24, 2.45) is 5.10 Å². The molecule has 1 amide bonds. The van der Waals surface area contributed by atoms with Crippen molar-refractivity contribution in [1.82, 2.24) is 15.2 Å². The van der Waals surface area contributed by atoms with Crippen LogP contribution in [0.25, 0.3) is 0 Å². The molecule has 9 heteroatoms. The summed E-state index contributed by atoms with van der Waals surface area (Å²) < 4.78 is 42.1. The van der Waals surface area contributed by atoms with Crippen LogP contribution in [0.15, 0.2) is 11.2 Å². The smallest absolute Gasteiger partial charge is 0.428 e. The van der Waals surface area contributed by atoms with Crippen molar-refractivity contribution in [1.29, 1.82) is 0 Å². The zero-order valence-electron chi connectivity index (χ0n) is 14.7. The minimum absolute atomic E-state index is 0.0623. The molecule has 1 rings (SSSR count). The minimum Gasteiger partial charge on any atom is -0.444 e. The number of nitrogens with zero attached hydrogens (tertiary/aromatic N) is 3. The third kappa shape index (κ3) is 7.01. The first-order valence-corrected chi connectivity index (χ1v) is 7.36. The largest absolute Gasteiger partial charge is 0.444 e. The van der Waals surface area contributed by atoms with Gasteiger partial charge in [0.2, 0.25) is 0 Å². The van der Waals surface area contributed by atoms with Crippen molar-refractivity contribution in [2.45, 2.75) is 65.3 Å². The van der Waals surface area contributed by atoms with E-state index in [0.717, 1.165) is 4.79 Å². The predicted molar refractivity (Wildman–Crippen MR) is 83.9 cm³/mol. The second kappa shape index (κ2) is 6.82. The molecule has 0 aliphatic heterocycles. The van der Waals surface area contributed by atoms with E-state index in [1.165, 1.54) is 0 Å². The molecule has 0 fully saturated rings. The first-order chi connectivity index (χ1) is 10.7. The Balaban J connectivity index is 2.97. The van der Waals surface area contributed by atoms with E-state index in [1.807, 2.05) is 20.8 Å². The van der Waals surface area contributed by atoms with Crippen LogP contribution in [0.1, 0.15) is 52.9 Å². The molecule has 1 heterocycles. The number of nitrogens with one attached hydrogen (secondary N) is 1. The van der Waals surface area contributed by atoms with Gasteiger partial charge >= 0.3 is 12.3 Å². The lowest BCUT2D eigenvalue weighted by molar-refractivity contribution is -0.0540. The molecule has 1 aromatic heterocycles. The van der Waals surface area contributed by atoms with Crippen molar-refractivity contribution in [3.8, 4) is 0 Å². The van der Waals surface area contributed by atoms with E-state index in [0.29, 0.717) is 11.4 Å². The number of hydrogen-bond acceptors (Lipinski definition) is 4. The molecule has 0 saturated heterocycles. The maximum Gasteiger partial charge on any atom is 0.428 e. The Morgan fingerprint density at radius 2 is 1.88 bits per heavy atom. The van der Waals surface area contributed by atoms with E-state index in [2.05, 4.69) is 15.5 Å². The number of carbonyl (C=O) groups is 1. The summed E-state index contributed by atoms with van der Waals surface area (Å²) >= 11 is 0. The van der Waals surface area contributed by atoms with Gasteiger partial charge in [0.25, 0.3) is 0 Å². The number of ether oxygens (including phenoxy) is 1. The van der Waals surface area contributed by atoms with Gasteiger partial charge in [-0.3, -0.25) is 0 Å². The summed E-state index contributed by atoms with van der Waals surface area (Å²) in [5, 5.41) is 9.87. The molecule has 0 radical (unpaired) electrons. The number of carbonyl (C=O) groups excluding carboxylic acids is 1. The molecule has 0 saturated carbocycles. The zero-order valence-corrected chi connectivity index (χ0v) is 14.7. The van der Waals surface area contributed by atoms with Gasteiger partial charge in [0.15, 0.2) is 0 Å². The number of amides is 1. The Morgan fingerprint density at radius 3 is 2.33 bits per heavy atom. The zero-order chi connectivity index (χ0) is 18.8. The second-order valence-electron chi connectivity index (χ2n) is 7.30. The molecule has 0 aliphatic rings. The average Bonchev–Trinajstić information content (AvgIpc) is 2.74. The molecule has 0 atom stereocenters. The third-order valence-corrected chi connectivity index (χ3v) is 2.66. The maximum atomic E-state index is 12.3. The van der Waals surface area contributed by atoms with Crippen molar-refractivity contribution < 1.29 is 22.7 Å². The second-order valence-corrected chi connectivity index (χ2v) is 7.30. The van der Waals surface area contributed by atoms with Gasteiger partial charge in [0.1, 0.15) is 11.8 Å². The third-order valence-electron chi connectivity index (χ3n) is 2.66. The minimum atomic E-state index is -4.55. The monoisotopic (exact) mass is 348 g/mol. The number of halogens is 3. The molecule has 136 valence electrons. The standard InChI is InChI=1S/C15H23F3N4O2/c1-13(2,3)11-7-10(8-19-12(23)24-14(4,5)6)22(21-11)20-9-15(16,17)18/h7,9H,8H2,1-6H3,(H,19,23). The Kier molecular flexibility index (Phi) is 5.68. The van der Waals surface area contributed by atoms with E-state index in [1.54, 1.807) is 26.8 Å². The Morgan fingerprint density at radius 1 is 1.29 bits per heavy atom. The molecule has 24 heavy (non-hydrogen) atoms. The maximum absolute atomic E-state index is 12.3. The molecular formula is C15H23F3N4O2. The van der Waals surface area contributed by atoms with Gasteiger partial charge in [-0.2, -0.15) is 28.2 Å². The van der Waals surface area contributed by atoms with E-state index < -0.39 is 17.9 Å². The fourth-order valence-electron chi connectivity index (χ4n) is 1.60. The SMILES string of the molecule is CC(C)(C)OC(=O)NCc1cc(C(C)(C)C)nn1N=CC(F)(F)F. The number of hydrogen-bond donors (Lipinski definition) is 1. The Bertz CT molecular complexity index is 608. The van der Waals surface area contributed by atoms with Crippen LogP contribution < -0.4 is 5.32 Å². The summed E-state index contributed by atoms with van der Waals surface area (Å²) in [5.74, 6) is 0. The number of rotatable bonds is 3. The summed E-state index contributed by atoms with van der Waals surface area (Å²) in [6.07, 6.45) is -5.38. The lowest BCUT2D eigenvalue weighted by atomic mass is 9.92. The fourth-order valence-corrected chi connectivity index (χ4v) is 1.60. The Hall–Kier alpha value is -2.06. The van der Waals surface area contributed by atoms with E-state index in [9.17, 15) is 18.0 Å². The highest BCUT2D eigenvalue weighted by molar-refractivity contribution is 5.67. The molecule has 0 spiro atoms. The summed E-state index contributed by atoms with van der Waals surface area (Å²) in [6, 6.07) is 1.60. The molecule has 6 nitrogen and oxygen atoms in total. The first-order valence-electron chi connectivity index (χ1n) is 7.36. The first kappa shape index (κ1) is 20.0. The highest BCUT2D eigenvalue weighted by Crippen LogP contribution is 2.22. The van der Waals surface area contributed by atoms with Gasteiger partial charge in [-0.15, -0.1) is 0 Å². The topological polar surface area (TPSA) is 68.5 Å². The molecule has 0 unspecified atom stereocenters. The van der Waals surface area contributed by atoms with Crippen LogP contribution in [0, 0.1) is 0 Å². The van der Waals surface area contributed by atoms with Gasteiger partial charge in [-0.25, -0.2) is 4.79 Å². The summed E-state index contributed by atoms with van der Waals surface area (Å²) in [6.45, 7) is 10.7. The quantitative estimate of drug-likeness (QED) is 0.849. The van der Waals surface area contributed by atoms with Crippen LogP contribution in [-0.4, -0.2) is 34.0 Å². The van der Waals surface area contributed by atoms with E-state index in [4.69, 9.17) is 4.74 Å². The van der Waals surface area contributed by atoms with Gasteiger partial charge in [-0.05, 0) is 26.8 Å². The van der Waals surface area contributed by atoms with Crippen molar-refractivity contribution in [3.05, 3.63) is 17.5 Å². The van der Waals surface area contributed by atoms with Crippen LogP contribution in [0.5, 0.6) is 0 Å². The van der Waals surface area contributed by atoms with Crippen molar-refractivity contribution in [2.75, 3.05) is 0 Å². The average molecular weight is 348 g/mol. The normalized spacial score (nSPS) is 13.4. The number of aromatic nitrogens is 2. The lowest BCUT2D eigenvalue weighted by Gasteiger charge is -2.19. The predicted octanol–water partition coefficient (Wildman–Crippen LogP) is 3.60. The molecular weight excluding hydrogens is 325 g/mol. The molecule has 0 bridgehead atoms. The van der Waals surface area contributed by atoms with Crippen molar-refractivity contribution in [3.63, 3.8) is 0 Å². The van der Waals surface area contributed by atoms with Crippen molar-refractivity contribution >= 4 is 12.3 Å². The molecule has 0 aromatic carbocycles. The highest BCUT2D eigenvalue weighted by Gasteiger charge is 2.25.